The van der Waals surface area contributed by atoms with Crippen molar-refractivity contribution in [2.24, 2.45) is 0 Å². The summed E-state index contributed by atoms with van der Waals surface area (Å²) in [5, 5.41) is 4.47. The monoisotopic (exact) mass is 481 g/mol. The molecule has 3 aromatic rings. The number of carbonyl (C=O) groups excluding carboxylic acids is 2. The van der Waals surface area contributed by atoms with Crippen LogP contribution in [0.5, 0.6) is 0 Å². The number of rotatable bonds is 9. The summed E-state index contributed by atoms with van der Waals surface area (Å²) in [6, 6.07) is 19.3. The molecular weight excluding hydrogens is 450 g/mol. The van der Waals surface area contributed by atoms with Crippen LogP contribution in [0.25, 0.3) is 10.8 Å². The van der Waals surface area contributed by atoms with E-state index in [2.05, 4.69) is 5.32 Å². The molecule has 8 heteroatoms. The summed E-state index contributed by atoms with van der Waals surface area (Å²) >= 11 is 0. The van der Waals surface area contributed by atoms with Gasteiger partial charge in [-0.3, -0.25) is 9.59 Å². The molecule has 3 rings (SSSR count). The van der Waals surface area contributed by atoms with Crippen molar-refractivity contribution in [3.8, 4) is 0 Å². The van der Waals surface area contributed by atoms with E-state index in [4.69, 9.17) is 0 Å². The predicted molar refractivity (Wildman–Crippen MR) is 134 cm³/mol. The molecule has 34 heavy (non-hydrogen) atoms. The number of nitrogens with zero attached hydrogens (tertiary/aromatic N) is 2. The van der Waals surface area contributed by atoms with Gasteiger partial charge in [-0.2, -0.15) is 4.31 Å². The van der Waals surface area contributed by atoms with E-state index < -0.39 is 22.0 Å². The third-order valence-electron chi connectivity index (χ3n) is 5.74. The quantitative estimate of drug-likeness (QED) is 0.508. The van der Waals surface area contributed by atoms with Gasteiger partial charge in [0.15, 0.2) is 0 Å². The molecule has 180 valence electrons. The Kier molecular flexibility index (Phi) is 8.06. The zero-order valence-electron chi connectivity index (χ0n) is 20.0. The molecule has 0 saturated heterocycles. The summed E-state index contributed by atoms with van der Waals surface area (Å²) in [4.78, 5) is 27.4. The normalized spacial score (nSPS) is 12.5. The Morgan fingerprint density at radius 1 is 0.971 bits per heavy atom. The average Bonchev–Trinajstić information content (AvgIpc) is 2.81. The Morgan fingerprint density at radius 3 is 2.35 bits per heavy atom. The largest absolute Gasteiger partial charge is 0.355 e. The van der Waals surface area contributed by atoms with Crippen molar-refractivity contribution in [3.05, 3.63) is 77.9 Å². The molecule has 0 radical (unpaired) electrons. The van der Waals surface area contributed by atoms with Crippen LogP contribution in [0.15, 0.2) is 71.6 Å². The minimum atomic E-state index is -3.91. The lowest BCUT2D eigenvalue weighted by atomic mass is 10.1. The third kappa shape index (κ3) is 5.81. The minimum Gasteiger partial charge on any atom is -0.355 e. The summed E-state index contributed by atoms with van der Waals surface area (Å²) in [7, 11) is -2.53. The zero-order valence-corrected chi connectivity index (χ0v) is 20.8. The van der Waals surface area contributed by atoms with Crippen molar-refractivity contribution in [3.63, 3.8) is 0 Å². The molecule has 0 aliphatic heterocycles. The highest BCUT2D eigenvalue weighted by Gasteiger charge is 2.30. The van der Waals surface area contributed by atoms with E-state index in [1.807, 2.05) is 55.5 Å². The number of hydrogen-bond acceptors (Lipinski definition) is 4. The van der Waals surface area contributed by atoms with Crippen molar-refractivity contribution in [1.82, 2.24) is 14.5 Å². The van der Waals surface area contributed by atoms with Crippen LogP contribution in [0.1, 0.15) is 25.0 Å². The molecule has 1 atom stereocenters. The standard InChI is InChI=1S/C26H31N3O4S/c1-5-27-26(31)20(3)29(17-21-10-8-9-19(2)15-21)25(30)18-28(4)34(32,33)24-14-13-22-11-6-7-12-23(22)16-24/h6-16,20H,5,17-18H2,1-4H3,(H,27,31)/t20-/m0/s1. The smallest absolute Gasteiger partial charge is 0.243 e. The van der Waals surface area contributed by atoms with Crippen LogP contribution in [0.4, 0.5) is 0 Å². The molecule has 1 N–H and O–H groups in total. The van der Waals surface area contributed by atoms with E-state index >= 15 is 0 Å². The van der Waals surface area contributed by atoms with Crippen molar-refractivity contribution < 1.29 is 18.0 Å². The highest BCUT2D eigenvalue weighted by molar-refractivity contribution is 7.89. The van der Waals surface area contributed by atoms with Crippen LogP contribution in [-0.4, -0.2) is 55.6 Å². The molecular formula is C26H31N3O4S. The van der Waals surface area contributed by atoms with Crippen LogP contribution in [0, 0.1) is 6.92 Å². The molecule has 0 bridgehead atoms. The van der Waals surface area contributed by atoms with Crippen molar-refractivity contribution in [2.45, 2.75) is 38.3 Å². The fraction of sp³-hybridized carbons (Fsp3) is 0.308. The van der Waals surface area contributed by atoms with Crippen LogP contribution in [0.3, 0.4) is 0 Å². The first-order valence-electron chi connectivity index (χ1n) is 11.2. The summed E-state index contributed by atoms with van der Waals surface area (Å²) in [5.74, 6) is -0.740. The molecule has 0 spiro atoms. The van der Waals surface area contributed by atoms with Gasteiger partial charge in [-0.15, -0.1) is 0 Å². The van der Waals surface area contributed by atoms with Crippen molar-refractivity contribution >= 4 is 32.6 Å². The van der Waals surface area contributed by atoms with Crippen LogP contribution in [0.2, 0.25) is 0 Å². The van der Waals surface area contributed by atoms with Gasteiger partial charge in [0.25, 0.3) is 0 Å². The molecule has 0 heterocycles. The summed E-state index contributed by atoms with van der Waals surface area (Å²) in [5.41, 5.74) is 1.90. The van der Waals surface area contributed by atoms with Gasteiger partial charge in [0.1, 0.15) is 6.04 Å². The molecule has 0 fully saturated rings. The maximum atomic E-state index is 13.3. The molecule has 0 aromatic heterocycles. The summed E-state index contributed by atoms with van der Waals surface area (Å²) in [6.45, 7) is 5.66. The average molecular weight is 482 g/mol. The SMILES string of the molecule is CCNC(=O)[C@H](C)N(Cc1cccc(C)c1)C(=O)CN(C)S(=O)(=O)c1ccc2ccccc2c1. The van der Waals surface area contributed by atoms with E-state index in [-0.39, 0.29) is 23.9 Å². The number of nitrogens with one attached hydrogen (secondary N) is 1. The van der Waals surface area contributed by atoms with Gasteiger partial charge < -0.3 is 10.2 Å². The van der Waals surface area contributed by atoms with Gasteiger partial charge in [0, 0.05) is 20.1 Å². The van der Waals surface area contributed by atoms with Crippen LogP contribution >= 0.6 is 0 Å². The highest BCUT2D eigenvalue weighted by atomic mass is 32.2. The molecule has 0 aliphatic rings. The number of amides is 2. The number of fused-ring (bicyclic) bond motifs is 1. The topological polar surface area (TPSA) is 86.8 Å². The Bertz CT molecular complexity index is 1290. The van der Waals surface area contributed by atoms with E-state index in [9.17, 15) is 18.0 Å². The van der Waals surface area contributed by atoms with Gasteiger partial charge in [-0.25, -0.2) is 8.42 Å². The van der Waals surface area contributed by atoms with Crippen molar-refractivity contribution in [1.29, 1.82) is 0 Å². The summed E-state index contributed by atoms with van der Waals surface area (Å²) < 4.78 is 27.5. The lowest BCUT2D eigenvalue weighted by Crippen LogP contribution is -2.50. The Balaban J connectivity index is 1.85. The highest BCUT2D eigenvalue weighted by Crippen LogP contribution is 2.22. The Labute approximate surface area is 201 Å². The fourth-order valence-electron chi connectivity index (χ4n) is 3.79. The predicted octanol–water partition coefficient (Wildman–Crippen LogP) is 3.32. The molecule has 3 aromatic carbocycles. The first-order chi connectivity index (χ1) is 16.1. The van der Waals surface area contributed by atoms with Gasteiger partial charge >= 0.3 is 0 Å². The van der Waals surface area contributed by atoms with Gasteiger partial charge in [0.2, 0.25) is 21.8 Å². The first-order valence-corrected chi connectivity index (χ1v) is 12.7. The van der Waals surface area contributed by atoms with Crippen LogP contribution < -0.4 is 5.32 Å². The minimum absolute atomic E-state index is 0.114. The number of sulfonamides is 1. The number of hydrogen-bond donors (Lipinski definition) is 1. The number of carbonyl (C=O) groups is 2. The molecule has 2 amide bonds. The molecule has 0 unspecified atom stereocenters. The Hall–Kier alpha value is -3.23. The van der Waals surface area contributed by atoms with Gasteiger partial charge in [-0.05, 0) is 49.2 Å². The van der Waals surface area contributed by atoms with E-state index in [1.165, 1.54) is 11.9 Å². The molecule has 0 saturated carbocycles. The number of benzene rings is 3. The van der Waals surface area contributed by atoms with Gasteiger partial charge in [0.05, 0.1) is 11.4 Å². The van der Waals surface area contributed by atoms with E-state index in [0.717, 1.165) is 26.2 Å². The number of likely N-dealkylation sites (N-methyl/N-ethyl adjacent to an activating group) is 2. The Morgan fingerprint density at radius 2 is 1.68 bits per heavy atom. The van der Waals surface area contributed by atoms with Gasteiger partial charge in [-0.1, -0.05) is 60.2 Å². The van der Waals surface area contributed by atoms with Crippen molar-refractivity contribution in [2.75, 3.05) is 20.1 Å². The first kappa shape index (κ1) is 25.4. The zero-order chi connectivity index (χ0) is 24.9. The molecule has 0 aliphatic carbocycles. The fourth-order valence-corrected chi connectivity index (χ4v) is 4.94. The lowest BCUT2D eigenvalue weighted by molar-refractivity contribution is -0.140. The second-order valence-electron chi connectivity index (χ2n) is 8.35. The van der Waals surface area contributed by atoms with Crippen LogP contribution in [-0.2, 0) is 26.2 Å². The van der Waals surface area contributed by atoms with E-state index in [1.54, 1.807) is 32.0 Å². The number of aryl methyl sites for hydroxylation is 1. The third-order valence-corrected chi connectivity index (χ3v) is 7.54. The van der Waals surface area contributed by atoms with E-state index in [0.29, 0.717) is 6.54 Å². The lowest BCUT2D eigenvalue weighted by Gasteiger charge is -2.30. The second-order valence-corrected chi connectivity index (χ2v) is 10.4. The molecule has 7 nitrogen and oxygen atoms in total. The second kappa shape index (κ2) is 10.8. The summed E-state index contributed by atoms with van der Waals surface area (Å²) in [6.07, 6.45) is 0. The maximum Gasteiger partial charge on any atom is 0.243 e. The maximum absolute atomic E-state index is 13.3.